The minimum absolute atomic E-state index is 0.0158. The highest BCUT2D eigenvalue weighted by Gasteiger charge is 2.50. The topological polar surface area (TPSA) is 74.1 Å². The van der Waals surface area contributed by atoms with Crippen LogP contribution in [-0.2, 0) is 15.4 Å². The Morgan fingerprint density at radius 2 is 1.70 bits per heavy atom. The molecule has 4 rings (SSSR count). The van der Waals surface area contributed by atoms with E-state index in [0.29, 0.717) is 23.5 Å². The molecular formula is C28H43ClIN5O2SSi2. The monoisotopic (exact) mass is 731 g/mol. The first-order chi connectivity index (χ1) is 18.4. The van der Waals surface area contributed by atoms with E-state index in [4.69, 9.17) is 25.4 Å². The zero-order valence-electron chi connectivity index (χ0n) is 25.3. The molecule has 1 aliphatic heterocycles. The van der Waals surface area contributed by atoms with E-state index in [0.717, 1.165) is 11.3 Å². The molecule has 0 unspecified atom stereocenters. The van der Waals surface area contributed by atoms with Gasteiger partial charge in [-0.3, -0.25) is 4.57 Å². The molecule has 0 amide bonds. The molecule has 0 spiro atoms. The van der Waals surface area contributed by atoms with Crippen molar-refractivity contribution in [1.82, 2.24) is 19.5 Å². The number of benzene rings is 1. The lowest BCUT2D eigenvalue weighted by Crippen LogP contribution is -2.52. The van der Waals surface area contributed by atoms with Crippen LogP contribution in [0.4, 0.5) is 5.82 Å². The molecule has 1 N–H and O–H groups in total. The van der Waals surface area contributed by atoms with Crippen LogP contribution in [0, 0.1) is 3.57 Å². The number of fused-ring (bicyclic) bond motifs is 1. The lowest BCUT2D eigenvalue weighted by molar-refractivity contribution is 0.0461. The van der Waals surface area contributed by atoms with Crippen molar-refractivity contribution in [3.63, 3.8) is 0 Å². The summed E-state index contributed by atoms with van der Waals surface area (Å²) < 4.78 is 17.5. The molecule has 3 atom stereocenters. The summed E-state index contributed by atoms with van der Waals surface area (Å²) in [6.45, 7) is 23.6. The molecule has 40 heavy (non-hydrogen) atoms. The summed E-state index contributed by atoms with van der Waals surface area (Å²) in [7, 11) is -4.14. The Kier molecular flexibility index (Phi) is 9.47. The minimum atomic E-state index is -2.11. The van der Waals surface area contributed by atoms with Crippen molar-refractivity contribution in [1.29, 1.82) is 0 Å². The second-order valence-electron chi connectivity index (χ2n) is 13.6. The number of rotatable bonds is 8. The second kappa shape index (κ2) is 11.8. The molecule has 1 saturated heterocycles. The molecule has 3 heterocycles. The summed E-state index contributed by atoms with van der Waals surface area (Å²) in [4.78, 5) is 13.9. The Labute approximate surface area is 264 Å². The van der Waals surface area contributed by atoms with E-state index in [1.165, 1.54) is 3.57 Å². The first kappa shape index (κ1) is 32.2. The lowest BCUT2D eigenvalue weighted by atomic mass is 10.2. The van der Waals surface area contributed by atoms with E-state index in [9.17, 15) is 0 Å². The third-order valence-corrected chi connectivity index (χ3v) is 19.8. The number of imidazole rings is 1. The predicted molar refractivity (Wildman–Crippen MR) is 182 cm³/mol. The summed E-state index contributed by atoms with van der Waals surface area (Å²) in [5.74, 6) is 1.48. The maximum absolute atomic E-state index is 7.17. The summed E-state index contributed by atoms with van der Waals surface area (Å²) in [5.41, 5.74) is 2.57. The van der Waals surface area contributed by atoms with Crippen LogP contribution in [0.3, 0.4) is 0 Å². The second-order valence-corrected chi connectivity index (χ2v) is 25.9. The largest absolute Gasteiger partial charge is 0.410 e. The number of hydrogen-bond acceptors (Lipinski definition) is 7. The van der Waals surface area contributed by atoms with Crippen LogP contribution in [0.2, 0.25) is 41.5 Å². The van der Waals surface area contributed by atoms with E-state index in [2.05, 4.69) is 134 Å². The standard InChI is InChI=1S/C28H43ClIN5O2SSi2/c1-27(2,3)39(7,8)36-20-16-38-25(22(20)37-40(9,10)28(4,5)6)35-17-32-21-23(33-26(29)34-24(21)35)31-15-18-12-11-13-19(30)14-18/h11-14,17,20,22,25H,15-16H2,1-10H3,(H,31,33,34)/t20-,22-,25-/m1/s1. The third kappa shape index (κ3) is 6.91. The molecule has 1 aliphatic rings. The Morgan fingerprint density at radius 1 is 1.05 bits per heavy atom. The molecule has 1 fully saturated rings. The Bertz CT molecular complexity index is 1360. The summed E-state index contributed by atoms with van der Waals surface area (Å²) in [6.07, 6.45) is 1.72. The van der Waals surface area contributed by atoms with Gasteiger partial charge in [-0.25, -0.2) is 4.98 Å². The predicted octanol–water partition coefficient (Wildman–Crippen LogP) is 8.72. The van der Waals surface area contributed by atoms with Crippen LogP contribution in [0.25, 0.3) is 11.2 Å². The van der Waals surface area contributed by atoms with E-state index >= 15 is 0 Å². The first-order valence-electron chi connectivity index (χ1n) is 13.8. The highest BCUT2D eigenvalue weighted by molar-refractivity contribution is 14.1. The van der Waals surface area contributed by atoms with Gasteiger partial charge in [-0.15, -0.1) is 11.8 Å². The number of halogens is 2. The van der Waals surface area contributed by atoms with Gasteiger partial charge in [-0.1, -0.05) is 53.7 Å². The zero-order chi connectivity index (χ0) is 29.7. The Morgan fingerprint density at radius 3 is 2.33 bits per heavy atom. The molecule has 3 aromatic rings. The highest BCUT2D eigenvalue weighted by atomic mass is 127. The molecule has 2 aromatic heterocycles. The van der Waals surface area contributed by atoms with Crippen LogP contribution in [0.5, 0.6) is 0 Å². The summed E-state index contributed by atoms with van der Waals surface area (Å²) in [6, 6.07) is 8.37. The summed E-state index contributed by atoms with van der Waals surface area (Å²) >= 11 is 10.7. The molecule has 0 saturated carbocycles. The molecule has 7 nitrogen and oxygen atoms in total. The van der Waals surface area contributed by atoms with E-state index in [1.807, 2.05) is 18.1 Å². The van der Waals surface area contributed by atoms with Crippen molar-refractivity contribution in [2.45, 2.75) is 102 Å². The first-order valence-corrected chi connectivity index (χ1v) is 22.1. The Balaban J connectivity index is 1.70. The minimum Gasteiger partial charge on any atom is -0.410 e. The van der Waals surface area contributed by atoms with Gasteiger partial charge in [-0.05, 0) is 88.2 Å². The SMILES string of the molecule is CC(C)(C)[Si](C)(C)O[C@H]1[C@H](n2cnc3c(NCc4cccc(I)c4)nc(Cl)nc32)SC[C@H]1O[Si](C)(C)C(C)(C)C. The summed E-state index contributed by atoms with van der Waals surface area (Å²) in [5, 5.41) is 3.77. The number of hydrogen-bond donors (Lipinski definition) is 1. The number of aromatic nitrogens is 4. The maximum Gasteiger partial charge on any atom is 0.226 e. The van der Waals surface area contributed by atoms with Crippen molar-refractivity contribution in [2.75, 3.05) is 11.1 Å². The van der Waals surface area contributed by atoms with Crippen molar-refractivity contribution in [2.24, 2.45) is 0 Å². The van der Waals surface area contributed by atoms with Gasteiger partial charge in [-0.2, -0.15) is 9.97 Å². The van der Waals surface area contributed by atoms with Gasteiger partial charge in [0, 0.05) is 15.9 Å². The molecular weight excluding hydrogens is 689 g/mol. The zero-order valence-corrected chi connectivity index (χ0v) is 31.0. The molecule has 0 aliphatic carbocycles. The maximum atomic E-state index is 7.17. The molecule has 1 aromatic carbocycles. The van der Waals surface area contributed by atoms with Gasteiger partial charge in [0.2, 0.25) is 5.28 Å². The smallest absolute Gasteiger partial charge is 0.226 e. The number of thioether (sulfide) groups is 1. The van der Waals surface area contributed by atoms with Crippen molar-refractivity contribution in [3.05, 3.63) is 45.0 Å². The number of anilines is 1. The van der Waals surface area contributed by atoms with Gasteiger partial charge < -0.3 is 14.2 Å². The van der Waals surface area contributed by atoms with Gasteiger partial charge in [0.05, 0.1) is 12.4 Å². The molecule has 12 heteroatoms. The van der Waals surface area contributed by atoms with E-state index in [-0.39, 0.29) is 32.9 Å². The average molecular weight is 732 g/mol. The molecule has 0 bridgehead atoms. The van der Waals surface area contributed by atoms with Gasteiger partial charge in [0.1, 0.15) is 11.5 Å². The number of nitrogens with zero attached hydrogens (tertiary/aromatic N) is 4. The van der Waals surface area contributed by atoms with Crippen LogP contribution < -0.4 is 5.32 Å². The van der Waals surface area contributed by atoms with Gasteiger partial charge in [0.15, 0.2) is 33.6 Å². The molecule has 0 radical (unpaired) electrons. The number of nitrogens with one attached hydrogen (secondary N) is 1. The quantitative estimate of drug-likeness (QED) is 0.141. The normalized spacial score (nSPS) is 20.9. The van der Waals surface area contributed by atoms with Crippen molar-refractivity contribution >= 4 is 79.6 Å². The van der Waals surface area contributed by atoms with Crippen molar-refractivity contribution in [3.8, 4) is 0 Å². The van der Waals surface area contributed by atoms with Crippen LogP contribution in [0.15, 0.2) is 30.6 Å². The fraction of sp³-hybridized carbons (Fsp3) is 0.607. The molecule has 220 valence electrons. The van der Waals surface area contributed by atoms with Crippen LogP contribution in [-0.4, -0.2) is 54.1 Å². The highest BCUT2D eigenvalue weighted by Crippen LogP contribution is 2.48. The third-order valence-electron chi connectivity index (χ3n) is 8.59. The van der Waals surface area contributed by atoms with Crippen LogP contribution >= 0.6 is 46.0 Å². The van der Waals surface area contributed by atoms with E-state index < -0.39 is 16.6 Å². The van der Waals surface area contributed by atoms with Crippen LogP contribution in [0.1, 0.15) is 52.5 Å². The fourth-order valence-electron chi connectivity index (χ4n) is 4.14. The van der Waals surface area contributed by atoms with Gasteiger partial charge >= 0.3 is 0 Å². The average Bonchev–Trinajstić information content (AvgIpc) is 3.39. The fourth-order valence-corrected chi connectivity index (χ4v) is 9.16. The van der Waals surface area contributed by atoms with Crippen molar-refractivity contribution < 1.29 is 8.85 Å². The Hall–Kier alpha value is -0.706. The van der Waals surface area contributed by atoms with E-state index in [1.54, 1.807) is 0 Å². The van der Waals surface area contributed by atoms with Gasteiger partial charge in [0.25, 0.3) is 0 Å². The lowest BCUT2D eigenvalue weighted by Gasteiger charge is -2.44.